The fourth-order valence-corrected chi connectivity index (χ4v) is 0.161. The second-order valence-corrected chi connectivity index (χ2v) is 0.791. The largest absolute Gasteiger partial charge is 0.449 e. The Morgan fingerprint density at radius 3 is 2.50 bits per heavy atom. The molecule has 0 bridgehead atoms. The first-order chi connectivity index (χ1) is 2.77. The van der Waals surface area contributed by atoms with E-state index >= 15 is 0 Å². The molecule has 0 heterocycles. The van der Waals surface area contributed by atoms with Gasteiger partial charge in [0.25, 0.3) is 0 Å². The van der Waals surface area contributed by atoms with E-state index in [4.69, 9.17) is 11.6 Å². The predicted molar refractivity (Wildman–Crippen MR) is 21.1 cm³/mol. The van der Waals surface area contributed by atoms with Gasteiger partial charge in [-0.05, 0) is 0 Å². The molecule has 6 heavy (non-hydrogen) atoms. The van der Waals surface area contributed by atoms with Crippen molar-refractivity contribution in [2.45, 2.75) is 0 Å². The lowest BCUT2D eigenvalue weighted by Gasteiger charge is -1.87. The SMILES string of the molecule is [CH]C(=O)OCCl. The summed E-state index contributed by atoms with van der Waals surface area (Å²) in [6.07, 6.45) is 0. The molecule has 0 aromatic heterocycles. The lowest BCUT2D eigenvalue weighted by Crippen LogP contribution is -1.94. The molecule has 0 rings (SSSR count). The van der Waals surface area contributed by atoms with Gasteiger partial charge < -0.3 is 4.74 Å². The molecule has 0 saturated heterocycles. The molecule has 0 aliphatic rings. The summed E-state index contributed by atoms with van der Waals surface area (Å²) in [6, 6.07) is -0.171. The molecule has 0 aliphatic carbocycles. The average molecular weight is 107 g/mol. The number of halogens is 1. The first kappa shape index (κ1) is 5.76. The summed E-state index contributed by atoms with van der Waals surface area (Å²) in [4.78, 5) is 9.51. The number of alkyl halides is 1. The van der Waals surface area contributed by atoms with Gasteiger partial charge in [-0.1, -0.05) is 11.6 Å². The van der Waals surface area contributed by atoms with Crippen molar-refractivity contribution in [1.82, 2.24) is 0 Å². The molecule has 0 fully saturated rings. The molecule has 0 spiro atoms. The van der Waals surface area contributed by atoms with Crippen molar-refractivity contribution >= 4 is 17.6 Å². The number of ether oxygens (including phenoxy) is 1. The van der Waals surface area contributed by atoms with Crippen molar-refractivity contribution in [2.24, 2.45) is 0 Å². The van der Waals surface area contributed by atoms with Crippen LogP contribution in [0.15, 0.2) is 0 Å². The Hall–Kier alpha value is -0.240. The topological polar surface area (TPSA) is 26.3 Å². The van der Waals surface area contributed by atoms with Crippen LogP contribution in [0.25, 0.3) is 0 Å². The molecular formula is C3H3ClO2. The normalized spacial score (nSPS) is 7.67. The molecular weight excluding hydrogens is 103 g/mol. The van der Waals surface area contributed by atoms with Gasteiger partial charge in [0.1, 0.15) is 0 Å². The van der Waals surface area contributed by atoms with Crippen molar-refractivity contribution in [1.29, 1.82) is 0 Å². The highest BCUT2D eigenvalue weighted by molar-refractivity contribution is 6.17. The van der Waals surface area contributed by atoms with Crippen LogP contribution in [0.1, 0.15) is 0 Å². The molecule has 0 amide bonds. The third kappa shape index (κ3) is 3.76. The Kier molecular flexibility index (Phi) is 2.85. The summed E-state index contributed by atoms with van der Waals surface area (Å²) in [7, 11) is 0. The molecule has 0 N–H and O–H groups in total. The van der Waals surface area contributed by atoms with Crippen LogP contribution >= 0.6 is 11.6 Å². The fourth-order valence-electron chi connectivity index (χ4n) is 0.0538. The van der Waals surface area contributed by atoms with Crippen LogP contribution in [0, 0.1) is 6.92 Å². The smallest absolute Gasteiger partial charge is 0.311 e. The van der Waals surface area contributed by atoms with Gasteiger partial charge in [-0.15, -0.1) is 0 Å². The van der Waals surface area contributed by atoms with Crippen LogP contribution in [-0.4, -0.2) is 12.0 Å². The van der Waals surface area contributed by atoms with Crippen LogP contribution in [0.5, 0.6) is 0 Å². The van der Waals surface area contributed by atoms with E-state index < -0.39 is 5.97 Å². The first-order valence-electron chi connectivity index (χ1n) is 1.25. The van der Waals surface area contributed by atoms with Gasteiger partial charge in [-0.3, -0.25) is 4.79 Å². The van der Waals surface area contributed by atoms with E-state index in [-0.39, 0.29) is 6.07 Å². The molecule has 0 aromatic carbocycles. The van der Waals surface area contributed by atoms with Crippen molar-refractivity contribution < 1.29 is 9.53 Å². The van der Waals surface area contributed by atoms with Gasteiger partial charge >= 0.3 is 5.97 Å². The summed E-state index contributed by atoms with van der Waals surface area (Å²) in [6.45, 7) is 4.46. The van der Waals surface area contributed by atoms with Crippen molar-refractivity contribution in [3.63, 3.8) is 0 Å². The number of carbonyl (C=O) groups is 1. The second kappa shape index (κ2) is 2.97. The third-order valence-electron chi connectivity index (χ3n) is 0.197. The summed E-state index contributed by atoms with van der Waals surface area (Å²) in [5.41, 5.74) is 0. The van der Waals surface area contributed by atoms with Crippen molar-refractivity contribution in [3.8, 4) is 0 Å². The zero-order valence-corrected chi connectivity index (χ0v) is 3.73. The predicted octanol–water partition coefficient (Wildman–Crippen LogP) is 0.437. The monoisotopic (exact) mass is 106 g/mol. The average Bonchev–Trinajstić information content (AvgIpc) is 1.35. The maximum absolute atomic E-state index is 9.51. The highest BCUT2D eigenvalue weighted by Crippen LogP contribution is 1.76. The fraction of sp³-hybridized carbons (Fsp3) is 0.333. The van der Waals surface area contributed by atoms with E-state index in [1.54, 1.807) is 0 Å². The molecule has 3 heteroatoms. The molecule has 0 unspecified atom stereocenters. The molecule has 0 saturated carbocycles. The Morgan fingerprint density at radius 2 is 2.50 bits per heavy atom. The van der Waals surface area contributed by atoms with Gasteiger partial charge in [-0.2, -0.15) is 0 Å². The number of esters is 1. The summed E-state index contributed by atoms with van der Waals surface area (Å²) < 4.78 is 3.95. The van der Waals surface area contributed by atoms with Crippen molar-refractivity contribution in [2.75, 3.05) is 6.07 Å². The van der Waals surface area contributed by atoms with Crippen LogP contribution in [0.2, 0.25) is 0 Å². The maximum Gasteiger partial charge on any atom is 0.311 e. The van der Waals surface area contributed by atoms with Gasteiger partial charge in [0.05, 0.1) is 6.92 Å². The van der Waals surface area contributed by atoms with Crippen molar-refractivity contribution in [3.05, 3.63) is 6.92 Å². The lowest BCUT2D eigenvalue weighted by molar-refractivity contribution is -0.136. The van der Waals surface area contributed by atoms with Crippen LogP contribution in [0.3, 0.4) is 0 Å². The molecule has 0 atom stereocenters. The Morgan fingerprint density at radius 1 is 2.00 bits per heavy atom. The highest BCUT2D eigenvalue weighted by atomic mass is 35.5. The number of hydrogen-bond acceptors (Lipinski definition) is 2. The van der Waals surface area contributed by atoms with E-state index in [1.807, 2.05) is 0 Å². The Balaban J connectivity index is 2.83. The number of hydrogen-bond donors (Lipinski definition) is 0. The van der Waals surface area contributed by atoms with Crippen LogP contribution < -0.4 is 0 Å². The Labute approximate surface area is 41.0 Å². The van der Waals surface area contributed by atoms with Crippen LogP contribution in [0.4, 0.5) is 0 Å². The van der Waals surface area contributed by atoms with Gasteiger partial charge in [0.15, 0.2) is 6.07 Å². The molecule has 0 aromatic rings. The molecule has 2 nitrogen and oxygen atoms in total. The lowest BCUT2D eigenvalue weighted by atomic mass is 10.8. The standard InChI is InChI=1S/C3H3ClO2/c1-3(5)6-2-4/h1H,2H2. The van der Waals surface area contributed by atoms with Gasteiger partial charge in [-0.25, -0.2) is 0 Å². The highest BCUT2D eigenvalue weighted by Gasteiger charge is 1.84. The molecule has 0 aliphatic heterocycles. The van der Waals surface area contributed by atoms with Gasteiger partial charge in [0, 0.05) is 0 Å². The Bertz CT molecular complexity index is 52.8. The first-order valence-corrected chi connectivity index (χ1v) is 1.79. The van der Waals surface area contributed by atoms with Crippen LogP contribution in [-0.2, 0) is 9.53 Å². The summed E-state index contributed by atoms with van der Waals surface area (Å²) in [5.74, 6) is -0.843. The number of carbonyl (C=O) groups excluding carboxylic acids is 1. The summed E-state index contributed by atoms with van der Waals surface area (Å²) in [5, 5.41) is 0. The minimum Gasteiger partial charge on any atom is -0.449 e. The minimum atomic E-state index is -0.843. The summed E-state index contributed by atoms with van der Waals surface area (Å²) >= 11 is 4.87. The quantitative estimate of drug-likeness (QED) is 0.358. The van der Waals surface area contributed by atoms with E-state index in [0.717, 1.165) is 0 Å². The van der Waals surface area contributed by atoms with Gasteiger partial charge in [0.2, 0.25) is 0 Å². The van der Waals surface area contributed by atoms with E-state index in [1.165, 1.54) is 0 Å². The molecule has 34 valence electrons. The van der Waals surface area contributed by atoms with E-state index in [2.05, 4.69) is 11.7 Å². The molecule has 2 radical (unpaired) electrons. The van der Waals surface area contributed by atoms with E-state index in [0.29, 0.717) is 0 Å². The second-order valence-electron chi connectivity index (χ2n) is 0.572. The minimum absolute atomic E-state index is 0.171. The number of rotatable bonds is 1. The maximum atomic E-state index is 9.51. The third-order valence-corrected chi connectivity index (χ3v) is 0.306. The zero-order valence-electron chi connectivity index (χ0n) is 2.98. The zero-order chi connectivity index (χ0) is 4.99. The van der Waals surface area contributed by atoms with E-state index in [9.17, 15) is 4.79 Å².